The second-order valence-corrected chi connectivity index (χ2v) is 11.7. The molecule has 1 saturated heterocycles. The van der Waals surface area contributed by atoms with E-state index in [1.165, 1.54) is 62.6 Å². The van der Waals surface area contributed by atoms with E-state index < -0.39 is 8.80 Å². The summed E-state index contributed by atoms with van der Waals surface area (Å²) in [6.07, 6.45) is 13.2. The molecular weight excluding hydrogens is 299 g/mol. The van der Waals surface area contributed by atoms with Crippen LogP contribution in [0.1, 0.15) is 76.2 Å². The minimum Gasteiger partial charge on any atom is -0.207 e. The molecule has 0 N–H and O–H groups in total. The van der Waals surface area contributed by atoms with Gasteiger partial charge in [0.2, 0.25) is 0 Å². The van der Waals surface area contributed by atoms with Crippen molar-refractivity contribution >= 4 is 8.80 Å². The number of unbranched alkanes of at least 4 members (excludes halogenated alkanes) is 1. The Balaban J connectivity index is 1.43. The van der Waals surface area contributed by atoms with Crippen LogP contribution in [-0.4, -0.2) is 8.80 Å². The van der Waals surface area contributed by atoms with Crippen LogP contribution in [0.4, 0.5) is 4.39 Å². The van der Waals surface area contributed by atoms with Gasteiger partial charge < -0.3 is 0 Å². The van der Waals surface area contributed by atoms with Crippen LogP contribution in [0.2, 0.25) is 17.6 Å². The average molecular weight is 333 g/mol. The normalized spacial score (nSPS) is 31.9. The summed E-state index contributed by atoms with van der Waals surface area (Å²) in [6.45, 7) is 2.32. The second kappa shape index (κ2) is 8.46. The Morgan fingerprint density at radius 2 is 1.61 bits per heavy atom. The Morgan fingerprint density at radius 1 is 0.957 bits per heavy atom. The molecule has 2 heteroatoms. The van der Waals surface area contributed by atoms with E-state index in [-0.39, 0.29) is 5.82 Å². The molecule has 0 amide bonds. The molecule has 1 saturated carbocycles. The van der Waals surface area contributed by atoms with Gasteiger partial charge >= 0.3 is 0 Å². The molecule has 3 rings (SSSR count). The van der Waals surface area contributed by atoms with E-state index in [2.05, 4.69) is 6.92 Å². The predicted octanol–water partition coefficient (Wildman–Crippen LogP) is 6.68. The van der Waals surface area contributed by atoms with Crippen LogP contribution in [-0.2, 0) is 0 Å². The van der Waals surface area contributed by atoms with Crippen molar-refractivity contribution in [1.82, 2.24) is 0 Å². The van der Waals surface area contributed by atoms with Crippen molar-refractivity contribution < 1.29 is 4.39 Å². The topological polar surface area (TPSA) is 0 Å². The third-order valence-corrected chi connectivity index (χ3v) is 10.8. The molecule has 128 valence electrons. The SMILES string of the molecule is CCCCC1CCC([SiH]2CCC(c3ccc(F)cc3)CC2)CC1. The van der Waals surface area contributed by atoms with Gasteiger partial charge in [0, 0.05) is 8.80 Å². The lowest BCUT2D eigenvalue weighted by Crippen LogP contribution is -2.29. The molecule has 1 aliphatic heterocycles. The molecule has 0 nitrogen and oxygen atoms in total. The molecule has 0 unspecified atom stereocenters. The van der Waals surface area contributed by atoms with Crippen LogP contribution in [0.25, 0.3) is 0 Å². The summed E-state index contributed by atoms with van der Waals surface area (Å²) >= 11 is 0. The van der Waals surface area contributed by atoms with Crippen molar-refractivity contribution in [2.45, 2.75) is 88.3 Å². The van der Waals surface area contributed by atoms with Gasteiger partial charge in [0.1, 0.15) is 5.82 Å². The summed E-state index contributed by atoms with van der Waals surface area (Å²) in [5.41, 5.74) is 2.52. The van der Waals surface area contributed by atoms with E-state index in [0.717, 1.165) is 11.5 Å². The Kier molecular flexibility index (Phi) is 6.33. The minimum absolute atomic E-state index is 0.100. The van der Waals surface area contributed by atoms with Crippen LogP contribution in [0.5, 0.6) is 0 Å². The third kappa shape index (κ3) is 4.68. The second-order valence-electron chi connectivity index (χ2n) is 8.09. The first-order chi connectivity index (χ1) is 11.3. The number of hydrogen-bond donors (Lipinski definition) is 0. The molecular formula is C21H33FSi. The lowest BCUT2D eigenvalue weighted by atomic mass is 9.85. The highest BCUT2D eigenvalue weighted by molar-refractivity contribution is 6.60. The van der Waals surface area contributed by atoms with Gasteiger partial charge in [-0.3, -0.25) is 0 Å². The molecule has 1 heterocycles. The fourth-order valence-corrected chi connectivity index (χ4v) is 9.32. The minimum atomic E-state index is -0.508. The Labute approximate surface area is 143 Å². The standard InChI is InChI=1S/C21H33FSi/c1-2-3-4-17-5-11-21(12-6-17)23-15-13-19(14-16-23)18-7-9-20(22)10-8-18/h7-10,17,19,21,23H,2-6,11-16H2,1H3. The van der Waals surface area contributed by atoms with Crippen LogP contribution in [0, 0.1) is 11.7 Å². The Hall–Kier alpha value is -0.633. The first kappa shape index (κ1) is 17.2. The highest BCUT2D eigenvalue weighted by Crippen LogP contribution is 2.43. The number of halogens is 1. The maximum Gasteiger partial charge on any atom is 0.123 e. The highest BCUT2D eigenvalue weighted by Gasteiger charge is 2.31. The van der Waals surface area contributed by atoms with Crippen molar-refractivity contribution in [3.8, 4) is 0 Å². The molecule has 2 aliphatic rings. The lowest BCUT2D eigenvalue weighted by Gasteiger charge is -2.37. The van der Waals surface area contributed by atoms with E-state index in [0.29, 0.717) is 5.92 Å². The van der Waals surface area contributed by atoms with Crippen molar-refractivity contribution in [1.29, 1.82) is 0 Å². The molecule has 2 fully saturated rings. The quantitative estimate of drug-likeness (QED) is 0.527. The first-order valence-corrected chi connectivity index (χ1v) is 12.3. The van der Waals surface area contributed by atoms with Crippen molar-refractivity contribution in [2.75, 3.05) is 0 Å². The average Bonchev–Trinajstić information content (AvgIpc) is 2.61. The van der Waals surface area contributed by atoms with Crippen LogP contribution >= 0.6 is 0 Å². The highest BCUT2D eigenvalue weighted by atomic mass is 28.3. The molecule has 1 aromatic carbocycles. The number of hydrogen-bond acceptors (Lipinski definition) is 0. The third-order valence-electron chi connectivity index (χ3n) is 6.64. The zero-order valence-corrected chi connectivity index (χ0v) is 15.9. The van der Waals surface area contributed by atoms with Crippen LogP contribution in [0.3, 0.4) is 0 Å². The number of benzene rings is 1. The van der Waals surface area contributed by atoms with Gasteiger partial charge in [0.05, 0.1) is 0 Å². The Morgan fingerprint density at radius 3 is 2.22 bits per heavy atom. The zero-order valence-electron chi connectivity index (χ0n) is 14.8. The lowest BCUT2D eigenvalue weighted by molar-refractivity contribution is 0.327. The predicted molar refractivity (Wildman–Crippen MR) is 100 cm³/mol. The Bertz CT molecular complexity index is 453. The van der Waals surface area contributed by atoms with Crippen LogP contribution in [0.15, 0.2) is 24.3 Å². The summed E-state index contributed by atoms with van der Waals surface area (Å²) in [4.78, 5) is 0. The number of rotatable bonds is 5. The van der Waals surface area contributed by atoms with Crippen LogP contribution < -0.4 is 0 Å². The fraction of sp³-hybridized carbons (Fsp3) is 0.714. The van der Waals surface area contributed by atoms with Gasteiger partial charge in [-0.05, 0) is 47.9 Å². The van der Waals surface area contributed by atoms with Gasteiger partial charge in [-0.25, -0.2) is 4.39 Å². The van der Waals surface area contributed by atoms with E-state index in [1.807, 2.05) is 12.1 Å². The molecule has 0 bridgehead atoms. The van der Waals surface area contributed by atoms with E-state index in [4.69, 9.17) is 0 Å². The molecule has 1 aliphatic carbocycles. The molecule has 0 radical (unpaired) electrons. The first-order valence-electron chi connectivity index (χ1n) is 10.0. The van der Waals surface area contributed by atoms with Crippen molar-refractivity contribution in [3.63, 3.8) is 0 Å². The molecule has 1 aromatic rings. The summed E-state index contributed by atoms with van der Waals surface area (Å²) in [6, 6.07) is 10.4. The summed E-state index contributed by atoms with van der Waals surface area (Å²) in [7, 11) is -0.508. The van der Waals surface area contributed by atoms with Gasteiger partial charge in [-0.1, -0.05) is 76.1 Å². The zero-order chi connectivity index (χ0) is 16.1. The summed E-state index contributed by atoms with van der Waals surface area (Å²) in [5, 5.41) is 0. The van der Waals surface area contributed by atoms with E-state index in [9.17, 15) is 4.39 Å². The monoisotopic (exact) mass is 332 g/mol. The summed E-state index contributed by atoms with van der Waals surface area (Å²) < 4.78 is 13.1. The van der Waals surface area contributed by atoms with Crippen molar-refractivity contribution in [3.05, 3.63) is 35.6 Å². The maximum atomic E-state index is 13.1. The van der Waals surface area contributed by atoms with E-state index >= 15 is 0 Å². The largest absolute Gasteiger partial charge is 0.207 e. The molecule has 23 heavy (non-hydrogen) atoms. The van der Waals surface area contributed by atoms with Gasteiger partial charge in [0.25, 0.3) is 0 Å². The van der Waals surface area contributed by atoms with Gasteiger partial charge in [0.15, 0.2) is 0 Å². The van der Waals surface area contributed by atoms with Gasteiger partial charge in [-0.15, -0.1) is 0 Å². The molecule has 0 aromatic heterocycles. The molecule has 0 atom stereocenters. The molecule has 0 spiro atoms. The maximum absolute atomic E-state index is 13.1. The van der Waals surface area contributed by atoms with Crippen molar-refractivity contribution in [2.24, 2.45) is 5.92 Å². The van der Waals surface area contributed by atoms with Gasteiger partial charge in [-0.2, -0.15) is 0 Å². The van der Waals surface area contributed by atoms with E-state index in [1.54, 1.807) is 25.0 Å². The summed E-state index contributed by atoms with van der Waals surface area (Å²) in [5.74, 6) is 1.66. The fourth-order valence-electron chi connectivity index (χ4n) is 5.10. The smallest absolute Gasteiger partial charge is 0.123 e.